The standard InChI is InChI=1S/C14H3ClF10O2S/c15-28(26,27)3(4-7(18)11(22)14(25)12(23)8(4)19)1-2-5(16)9(20)13(24)10(21)6(2)17/h3H,1H2. The summed E-state index contributed by atoms with van der Waals surface area (Å²) in [5.74, 6) is -26.2. The SMILES string of the molecule is O=S(=O)(Cl)C(Cc1c(F)c(F)c(F)c(F)c1F)c1c(F)c(F)c(F)c(F)c1F. The van der Waals surface area contributed by atoms with Gasteiger partial charge in [-0.3, -0.25) is 0 Å². The van der Waals surface area contributed by atoms with E-state index in [-0.39, 0.29) is 0 Å². The fourth-order valence-electron chi connectivity index (χ4n) is 2.26. The first-order chi connectivity index (χ1) is 12.7. The third kappa shape index (κ3) is 3.52. The van der Waals surface area contributed by atoms with Crippen molar-refractivity contribution in [2.45, 2.75) is 11.7 Å². The molecule has 2 aromatic carbocycles. The Hall–Kier alpha value is -2.02. The zero-order valence-electron chi connectivity index (χ0n) is 12.7. The Morgan fingerprint density at radius 3 is 1.18 bits per heavy atom. The zero-order valence-corrected chi connectivity index (χ0v) is 14.2. The Morgan fingerprint density at radius 2 is 0.857 bits per heavy atom. The van der Waals surface area contributed by atoms with Gasteiger partial charge in [0, 0.05) is 28.2 Å². The molecule has 0 aliphatic carbocycles. The molecule has 2 aromatic rings. The van der Waals surface area contributed by atoms with Crippen LogP contribution in [0.3, 0.4) is 0 Å². The summed E-state index contributed by atoms with van der Waals surface area (Å²) in [7, 11) is -0.531. The van der Waals surface area contributed by atoms with Crippen molar-refractivity contribution in [1.82, 2.24) is 0 Å². The van der Waals surface area contributed by atoms with E-state index in [0.29, 0.717) is 0 Å². The second-order valence-electron chi connectivity index (χ2n) is 5.20. The van der Waals surface area contributed by atoms with Gasteiger partial charge in [-0.1, -0.05) is 0 Å². The summed E-state index contributed by atoms with van der Waals surface area (Å²) < 4.78 is 158. The number of benzene rings is 2. The van der Waals surface area contributed by atoms with Crippen molar-refractivity contribution in [3.05, 3.63) is 69.3 Å². The average Bonchev–Trinajstić information content (AvgIpc) is 2.62. The van der Waals surface area contributed by atoms with Crippen molar-refractivity contribution in [2.75, 3.05) is 0 Å². The Bertz CT molecular complexity index is 1030. The van der Waals surface area contributed by atoms with E-state index in [1.165, 1.54) is 0 Å². The minimum absolute atomic E-state index is 1.89. The second-order valence-corrected chi connectivity index (χ2v) is 8.01. The van der Waals surface area contributed by atoms with E-state index in [1.807, 2.05) is 0 Å². The van der Waals surface area contributed by atoms with Crippen LogP contribution in [-0.4, -0.2) is 8.42 Å². The first kappa shape index (κ1) is 22.3. The van der Waals surface area contributed by atoms with E-state index in [2.05, 4.69) is 0 Å². The van der Waals surface area contributed by atoms with Gasteiger partial charge in [0.05, 0.1) is 0 Å². The summed E-state index contributed by atoms with van der Waals surface area (Å²) in [6, 6.07) is 0. The highest BCUT2D eigenvalue weighted by Crippen LogP contribution is 2.38. The quantitative estimate of drug-likeness (QED) is 0.281. The van der Waals surface area contributed by atoms with Gasteiger partial charge in [0.15, 0.2) is 46.5 Å². The van der Waals surface area contributed by atoms with E-state index in [0.717, 1.165) is 0 Å². The van der Waals surface area contributed by atoms with Crippen LogP contribution >= 0.6 is 10.7 Å². The molecule has 0 fully saturated rings. The van der Waals surface area contributed by atoms with E-state index in [1.54, 1.807) is 0 Å². The summed E-state index contributed by atoms with van der Waals surface area (Å²) >= 11 is 0. The lowest BCUT2D eigenvalue weighted by Crippen LogP contribution is -2.20. The first-order valence-electron chi connectivity index (χ1n) is 6.66. The molecule has 0 heterocycles. The van der Waals surface area contributed by atoms with Gasteiger partial charge in [-0.2, -0.15) is 0 Å². The minimum atomic E-state index is -5.41. The van der Waals surface area contributed by atoms with E-state index in [4.69, 9.17) is 10.7 Å². The smallest absolute Gasteiger partial charge is 0.212 e. The fraction of sp³-hybridized carbons (Fsp3) is 0.143. The first-order valence-corrected chi connectivity index (χ1v) is 9.04. The molecule has 0 saturated carbocycles. The molecular weight excluding hydrogens is 458 g/mol. The van der Waals surface area contributed by atoms with Crippen LogP contribution in [0, 0.1) is 58.2 Å². The maximum absolute atomic E-state index is 13.9. The average molecular weight is 461 g/mol. The summed E-state index contributed by atoms with van der Waals surface area (Å²) in [5, 5.41) is -3.09. The molecule has 1 atom stereocenters. The molecule has 0 spiro atoms. The highest BCUT2D eigenvalue weighted by Gasteiger charge is 2.39. The predicted octanol–water partition coefficient (Wildman–Crippen LogP) is 4.93. The van der Waals surface area contributed by atoms with Crippen LogP contribution in [0.4, 0.5) is 43.9 Å². The lowest BCUT2D eigenvalue weighted by Gasteiger charge is -2.18. The Kier molecular flexibility index (Phi) is 5.91. The summed E-state index contributed by atoms with van der Waals surface area (Å²) in [5.41, 5.74) is -4.02. The maximum atomic E-state index is 13.9. The monoisotopic (exact) mass is 460 g/mol. The third-order valence-electron chi connectivity index (χ3n) is 3.60. The highest BCUT2D eigenvalue weighted by molar-refractivity contribution is 8.13. The molecule has 2 rings (SSSR count). The predicted molar refractivity (Wildman–Crippen MR) is 73.7 cm³/mol. The topological polar surface area (TPSA) is 34.1 Å². The molecule has 0 aliphatic heterocycles. The second kappa shape index (κ2) is 7.43. The Morgan fingerprint density at radius 1 is 0.571 bits per heavy atom. The minimum Gasteiger partial charge on any atom is -0.212 e. The van der Waals surface area contributed by atoms with Crippen molar-refractivity contribution in [3.8, 4) is 0 Å². The molecule has 0 aliphatic rings. The number of rotatable bonds is 4. The van der Waals surface area contributed by atoms with Crippen molar-refractivity contribution in [1.29, 1.82) is 0 Å². The van der Waals surface area contributed by atoms with Gasteiger partial charge in [0.1, 0.15) is 5.25 Å². The van der Waals surface area contributed by atoms with Crippen LogP contribution in [-0.2, 0) is 15.5 Å². The lowest BCUT2D eigenvalue weighted by molar-refractivity contribution is 0.362. The van der Waals surface area contributed by atoms with Gasteiger partial charge in [-0.25, -0.2) is 52.3 Å². The molecule has 1 unspecified atom stereocenters. The number of halogens is 11. The van der Waals surface area contributed by atoms with Gasteiger partial charge in [0.2, 0.25) is 20.7 Å². The van der Waals surface area contributed by atoms with Crippen LogP contribution < -0.4 is 0 Å². The zero-order chi connectivity index (χ0) is 21.7. The molecule has 0 saturated heterocycles. The van der Waals surface area contributed by atoms with Gasteiger partial charge in [0.25, 0.3) is 0 Å². The normalized spacial score (nSPS) is 13.1. The highest BCUT2D eigenvalue weighted by atomic mass is 35.7. The van der Waals surface area contributed by atoms with Gasteiger partial charge < -0.3 is 0 Å². The summed E-state index contributed by atoms with van der Waals surface area (Å²) in [6.07, 6.45) is -1.93. The van der Waals surface area contributed by atoms with Gasteiger partial charge >= 0.3 is 0 Å². The van der Waals surface area contributed by atoms with Crippen molar-refractivity contribution < 1.29 is 52.3 Å². The van der Waals surface area contributed by atoms with E-state index >= 15 is 0 Å². The molecule has 14 heteroatoms. The van der Waals surface area contributed by atoms with E-state index < -0.39 is 90.0 Å². The molecule has 0 bridgehead atoms. The van der Waals surface area contributed by atoms with Crippen molar-refractivity contribution in [3.63, 3.8) is 0 Å². The maximum Gasteiger partial charge on any atom is 0.240 e. The molecule has 2 nitrogen and oxygen atoms in total. The van der Waals surface area contributed by atoms with E-state index in [9.17, 15) is 52.3 Å². The largest absolute Gasteiger partial charge is 0.240 e. The van der Waals surface area contributed by atoms with Gasteiger partial charge in [-0.15, -0.1) is 0 Å². The van der Waals surface area contributed by atoms with Crippen molar-refractivity contribution >= 4 is 19.7 Å². The molecule has 28 heavy (non-hydrogen) atoms. The fourth-order valence-corrected chi connectivity index (χ4v) is 3.57. The molecule has 0 radical (unpaired) electrons. The summed E-state index contributed by atoms with van der Waals surface area (Å²) in [4.78, 5) is 0. The van der Waals surface area contributed by atoms with Crippen LogP contribution in [0.1, 0.15) is 16.4 Å². The number of hydrogen-bond acceptors (Lipinski definition) is 2. The summed E-state index contributed by atoms with van der Waals surface area (Å²) in [6.45, 7) is 0. The molecule has 0 amide bonds. The van der Waals surface area contributed by atoms with Crippen LogP contribution in [0.25, 0.3) is 0 Å². The van der Waals surface area contributed by atoms with Crippen LogP contribution in [0.15, 0.2) is 0 Å². The molecular formula is C14H3ClF10O2S. The third-order valence-corrected chi connectivity index (χ3v) is 5.32. The Labute approximate surface area is 153 Å². The van der Waals surface area contributed by atoms with Crippen molar-refractivity contribution in [2.24, 2.45) is 0 Å². The lowest BCUT2D eigenvalue weighted by atomic mass is 10.0. The molecule has 154 valence electrons. The Balaban J connectivity index is 2.82. The van der Waals surface area contributed by atoms with Gasteiger partial charge in [-0.05, 0) is 0 Å². The van der Waals surface area contributed by atoms with Crippen LogP contribution in [0.2, 0.25) is 0 Å². The molecule has 0 N–H and O–H groups in total. The molecule has 0 aromatic heterocycles. The van der Waals surface area contributed by atoms with Crippen LogP contribution in [0.5, 0.6) is 0 Å². The number of hydrogen-bond donors (Lipinski definition) is 0.